The van der Waals surface area contributed by atoms with Gasteiger partial charge in [-0.2, -0.15) is 0 Å². The third-order valence-electron chi connectivity index (χ3n) is 2.55. The molecule has 0 aromatic carbocycles. The molecular weight excluding hydrogens is 206 g/mol. The molecule has 0 aliphatic heterocycles. The van der Waals surface area contributed by atoms with Crippen LogP contribution in [0.2, 0.25) is 0 Å². The second-order valence-electron chi connectivity index (χ2n) is 3.47. The summed E-state index contributed by atoms with van der Waals surface area (Å²) in [6.45, 7) is 1.98. The lowest BCUT2D eigenvalue weighted by molar-refractivity contribution is 0.0599. The summed E-state index contributed by atoms with van der Waals surface area (Å²) in [4.78, 5) is 15.7. The van der Waals surface area contributed by atoms with Crippen molar-refractivity contribution in [2.45, 2.75) is 13.3 Å². The summed E-state index contributed by atoms with van der Waals surface area (Å²) in [5.41, 5.74) is 7.90. The first-order valence-electron chi connectivity index (χ1n) is 5.01. The van der Waals surface area contributed by atoms with E-state index in [9.17, 15) is 4.79 Å². The minimum absolute atomic E-state index is 0.355. The number of aryl methyl sites for hydroxylation is 1. The highest BCUT2D eigenvalue weighted by Crippen LogP contribution is 2.17. The molecular formula is C11H13N3O2. The number of imidazole rings is 1. The van der Waals surface area contributed by atoms with Crippen LogP contribution in [-0.4, -0.2) is 22.5 Å². The number of esters is 1. The van der Waals surface area contributed by atoms with Gasteiger partial charge in [-0.05, 0) is 18.1 Å². The Bertz CT molecular complexity index is 545. The van der Waals surface area contributed by atoms with Crippen molar-refractivity contribution in [1.82, 2.24) is 9.38 Å². The average Bonchev–Trinajstić information content (AvgIpc) is 2.68. The zero-order valence-corrected chi connectivity index (χ0v) is 9.23. The van der Waals surface area contributed by atoms with E-state index in [-0.39, 0.29) is 5.97 Å². The van der Waals surface area contributed by atoms with Crippen LogP contribution in [0.4, 0.5) is 5.82 Å². The minimum atomic E-state index is -0.355. The molecule has 0 bridgehead atoms. The molecule has 0 amide bonds. The molecule has 0 atom stereocenters. The largest absolute Gasteiger partial charge is 0.465 e. The van der Waals surface area contributed by atoms with E-state index in [2.05, 4.69) is 4.98 Å². The Balaban J connectivity index is 2.69. The van der Waals surface area contributed by atoms with E-state index in [1.165, 1.54) is 7.11 Å². The number of hydrogen-bond acceptors (Lipinski definition) is 4. The summed E-state index contributed by atoms with van der Waals surface area (Å²) in [7, 11) is 1.36. The van der Waals surface area contributed by atoms with E-state index in [0.717, 1.165) is 17.6 Å². The van der Waals surface area contributed by atoms with Gasteiger partial charge in [0.05, 0.1) is 18.9 Å². The Hall–Kier alpha value is -2.04. The van der Waals surface area contributed by atoms with E-state index < -0.39 is 0 Å². The lowest BCUT2D eigenvalue weighted by Crippen LogP contribution is -2.08. The fraction of sp³-hybridized carbons (Fsp3) is 0.273. The molecule has 5 nitrogen and oxygen atoms in total. The normalized spacial score (nSPS) is 10.6. The standard InChI is InChI=1S/C11H13N3O2/c1-3-7-4-10-13-5-9(12)14(10)6-8(7)11(15)16-2/h4-6H,3,12H2,1-2H3. The van der Waals surface area contributed by atoms with Crippen molar-refractivity contribution in [1.29, 1.82) is 0 Å². The van der Waals surface area contributed by atoms with E-state index in [1.54, 1.807) is 16.8 Å². The van der Waals surface area contributed by atoms with Gasteiger partial charge in [0.1, 0.15) is 11.5 Å². The van der Waals surface area contributed by atoms with Gasteiger partial charge in [-0.3, -0.25) is 4.40 Å². The van der Waals surface area contributed by atoms with Gasteiger partial charge in [-0.15, -0.1) is 0 Å². The Morgan fingerprint density at radius 2 is 2.38 bits per heavy atom. The number of nitrogens with zero attached hydrogens (tertiary/aromatic N) is 2. The lowest BCUT2D eigenvalue weighted by Gasteiger charge is -2.07. The second-order valence-corrected chi connectivity index (χ2v) is 3.47. The number of carbonyl (C=O) groups excluding carboxylic acids is 1. The Labute approximate surface area is 92.8 Å². The predicted molar refractivity (Wildman–Crippen MR) is 60.3 cm³/mol. The maximum absolute atomic E-state index is 11.6. The van der Waals surface area contributed by atoms with Crippen molar-refractivity contribution < 1.29 is 9.53 Å². The number of anilines is 1. The number of aromatic nitrogens is 2. The number of methoxy groups -OCH3 is 1. The first-order chi connectivity index (χ1) is 7.67. The molecule has 0 saturated carbocycles. The zero-order chi connectivity index (χ0) is 11.7. The highest BCUT2D eigenvalue weighted by molar-refractivity contribution is 5.91. The first kappa shape index (κ1) is 10.5. The molecule has 0 saturated heterocycles. The van der Waals surface area contributed by atoms with Crippen LogP contribution in [0.1, 0.15) is 22.8 Å². The maximum atomic E-state index is 11.6. The van der Waals surface area contributed by atoms with Crippen molar-refractivity contribution in [3.63, 3.8) is 0 Å². The molecule has 84 valence electrons. The minimum Gasteiger partial charge on any atom is -0.465 e. The van der Waals surface area contributed by atoms with Crippen LogP contribution >= 0.6 is 0 Å². The Morgan fingerprint density at radius 1 is 1.62 bits per heavy atom. The Morgan fingerprint density at radius 3 is 3.00 bits per heavy atom. The van der Waals surface area contributed by atoms with Crippen molar-refractivity contribution in [2.24, 2.45) is 0 Å². The molecule has 2 heterocycles. The third-order valence-corrected chi connectivity index (χ3v) is 2.55. The lowest BCUT2D eigenvalue weighted by atomic mass is 10.1. The average molecular weight is 219 g/mol. The topological polar surface area (TPSA) is 69.6 Å². The number of hydrogen-bond donors (Lipinski definition) is 1. The molecule has 16 heavy (non-hydrogen) atoms. The molecule has 2 N–H and O–H groups in total. The van der Waals surface area contributed by atoms with E-state index in [4.69, 9.17) is 10.5 Å². The van der Waals surface area contributed by atoms with Gasteiger partial charge in [0.15, 0.2) is 0 Å². The van der Waals surface area contributed by atoms with Crippen LogP contribution in [0.15, 0.2) is 18.5 Å². The van der Waals surface area contributed by atoms with E-state index >= 15 is 0 Å². The van der Waals surface area contributed by atoms with Crippen LogP contribution < -0.4 is 5.73 Å². The Kier molecular flexibility index (Phi) is 2.52. The molecule has 0 aliphatic rings. The smallest absolute Gasteiger partial charge is 0.339 e. The number of nitrogens with two attached hydrogens (primary N) is 1. The van der Waals surface area contributed by atoms with Crippen molar-refractivity contribution in [2.75, 3.05) is 12.8 Å². The van der Waals surface area contributed by atoms with Gasteiger partial charge < -0.3 is 10.5 Å². The molecule has 0 aliphatic carbocycles. The summed E-state index contributed by atoms with van der Waals surface area (Å²) in [6.07, 6.45) is 3.98. The van der Waals surface area contributed by atoms with Gasteiger partial charge in [0.2, 0.25) is 0 Å². The van der Waals surface area contributed by atoms with Gasteiger partial charge in [0.25, 0.3) is 0 Å². The summed E-state index contributed by atoms with van der Waals surface area (Å²) in [6, 6.07) is 1.85. The first-order valence-corrected chi connectivity index (χ1v) is 5.01. The zero-order valence-electron chi connectivity index (χ0n) is 9.23. The van der Waals surface area contributed by atoms with Crippen LogP contribution in [0, 0.1) is 0 Å². The van der Waals surface area contributed by atoms with E-state index in [0.29, 0.717) is 11.4 Å². The molecule has 0 unspecified atom stereocenters. The molecule has 5 heteroatoms. The third kappa shape index (κ3) is 1.50. The van der Waals surface area contributed by atoms with Gasteiger partial charge in [0, 0.05) is 6.20 Å². The fourth-order valence-corrected chi connectivity index (χ4v) is 1.67. The number of rotatable bonds is 2. The summed E-state index contributed by atoms with van der Waals surface area (Å²) >= 11 is 0. The van der Waals surface area contributed by atoms with Crippen LogP contribution in [0.5, 0.6) is 0 Å². The second kappa shape index (κ2) is 3.84. The summed E-state index contributed by atoms with van der Waals surface area (Å²) in [5.74, 6) is 0.148. The molecule has 2 aromatic heterocycles. The number of nitrogen functional groups attached to an aromatic ring is 1. The predicted octanol–water partition coefficient (Wildman–Crippen LogP) is 1.27. The molecule has 0 radical (unpaired) electrons. The number of fused-ring (bicyclic) bond motifs is 1. The molecule has 0 spiro atoms. The van der Waals surface area contributed by atoms with Crippen LogP contribution in [0.3, 0.4) is 0 Å². The quantitative estimate of drug-likeness (QED) is 0.772. The van der Waals surface area contributed by atoms with Crippen molar-refractivity contribution in [3.05, 3.63) is 29.6 Å². The van der Waals surface area contributed by atoms with Crippen molar-refractivity contribution in [3.8, 4) is 0 Å². The molecule has 2 rings (SSSR count). The summed E-state index contributed by atoms with van der Waals surface area (Å²) in [5, 5.41) is 0. The number of ether oxygens (including phenoxy) is 1. The molecule has 0 fully saturated rings. The van der Waals surface area contributed by atoms with Gasteiger partial charge in [-0.25, -0.2) is 9.78 Å². The highest BCUT2D eigenvalue weighted by Gasteiger charge is 2.13. The SMILES string of the molecule is CCc1cc2ncc(N)n2cc1C(=O)OC. The molecule has 2 aromatic rings. The van der Waals surface area contributed by atoms with Crippen LogP contribution in [-0.2, 0) is 11.2 Å². The fourth-order valence-electron chi connectivity index (χ4n) is 1.67. The van der Waals surface area contributed by atoms with Crippen molar-refractivity contribution >= 4 is 17.4 Å². The summed E-state index contributed by atoms with van der Waals surface area (Å²) < 4.78 is 6.40. The van der Waals surface area contributed by atoms with Gasteiger partial charge >= 0.3 is 5.97 Å². The number of pyridine rings is 1. The number of carbonyl (C=O) groups is 1. The monoisotopic (exact) mass is 219 g/mol. The highest BCUT2D eigenvalue weighted by atomic mass is 16.5. The van der Waals surface area contributed by atoms with Gasteiger partial charge in [-0.1, -0.05) is 6.92 Å². The van der Waals surface area contributed by atoms with Crippen LogP contribution in [0.25, 0.3) is 5.65 Å². The van der Waals surface area contributed by atoms with E-state index in [1.807, 2.05) is 13.0 Å². The maximum Gasteiger partial charge on any atom is 0.339 e.